The molecular formula is C33H32ClN5O3S. The monoisotopic (exact) mass is 613 g/mol. The average molecular weight is 614 g/mol. The van der Waals surface area contributed by atoms with Crippen LogP contribution < -0.4 is 15.5 Å². The molecule has 0 radical (unpaired) electrons. The molecule has 8 nitrogen and oxygen atoms in total. The second kappa shape index (κ2) is 15.6. The number of amides is 1. The number of carboxylic acids is 1. The van der Waals surface area contributed by atoms with E-state index >= 15 is 0 Å². The molecule has 10 heteroatoms. The van der Waals surface area contributed by atoms with Crippen molar-refractivity contribution in [3.63, 3.8) is 0 Å². The number of aliphatic imine (C=N–C) groups is 1. The van der Waals surface area contributed by atoms with Crippen LogP contribution in [0.5, 0.6) is 0 Å². The second-order valence-electron chi connectivity index (χ2n) is 10.0. The summed E-state index contributed by atoms with van der Waals surface area (Å²) in [6.45, 7) is 0.381. The summed E-state index contributed by atoms with van der Waals surface area (Å²) in [5.74, 6) is -1.02. The fourth-order valence-corrected chi connectivity index (χ4v) is 5.11. The van der Waals surface area contributed by atoms with Gasteiger partial charge in [-0.1, -0.05) is 66.3 Å². The quantitative estimate of drug-likeness (QED) is 0.0726. The van der Waals surface area contributed by atoms with Crippen molar-refractivity contribution < 1.29 is 14.7 Å². The molecule has 220 valence electrons. The van der Waals surface area contributed by atoms with E-state index < -0.39 is 12.0 Å². The maximum absolute atomic E-state index is 12.4. The summed E-state index contributed by atoms with van der Waals surface area (Å²) in [5, 5.41) is 26.0. The average Bonchev–Trinajstić information content (AvgIpc) is 3.03. The van der Waals surface area contributed by atoms with Crippen LogP contribution in [0.1, 0.15) is 65.2 Å². The Morgan fingerprint density at radius 3 is 2.40 bits per heavy atom. The number of hydrogen-bond acceptors (Lipinski definition) is 5. The minimum absolute atomic E-state index is 0.0465. The van der Waals surface area contributed by atoms with Crippen molar-refractivity contribution in [2.75, 3.05) is 11.4 Å². The third-order valence-corrected chi connectivity index (χ3v) is 7.56. The molecule has 0 fully saturated rings. The molecule has 1 aliphatic carbocycles. The Labute approximate surface area is 261 Å². The summed E-state index contributed by atoms with van der Waals surface area (Å²) >= 11 is 11.4. The normalized spacial score (nSPS) is 13.7. The van der Waals surface area contributed by atoms with Crippen LogP contribution in [0.2, 0.25) is 5.02 Å². The number of aliphatic carboxylic acids is 1. The molecular weight excluding hydrogens is 582 g/mol. The zero-order chi connectivity index (χ0) is 30.6. The van der Waals surface area contributed by atoms with Gasteiger partial charge in [0, 0.05) is 28.2 Å². The number of nitrogens with one attached hydrogen (secondary N) is 2. The molecule has 0 bridgehead atoms. The minimum atomic E-state index is -0.977. The summed E-state index contributed by atoms with van der Waals surface area (Å²) in [7, 11) is 0. The minimum Gasteiger partial charge on any atom is -0.481 e. The van der Waals surface area contributed by atoms with Gasteiger partial charge in [0.05, 0.1) is 13.0 Å². The van der Waals surface area contributed by atoms with Gasteiger partial charge in [-0.25, -0.2) is 4.99 Å². The maximum Gasteiger partial charge on any atom is 0.305 e. The van der Waals surface area contributed by atoms with Gasteiger partial charge < -0.3 is 15.3 Å². The van der Waals surface area contributed by atoms with Crippen LogP contribution in [-0.4, -0.2) is 34.9 Å². The first-order chi connectivity index (χ1) is 20.9. The van der Waals surface area contributed by atoms with Gasteiger partial charge in [0.15, 0.2) is 6.19 Å². The molecule has 0 heterocycles. The van der Waals surface area contributed by atoms with Crippen molar-refractivity contribution in [3.05, 3.63) is 106 Å². The highest BCUT2D eigenvalue weighted by Gasteiger charge is 2.19. The van der Waals surface area contributed by atoms with Crippen LogP contribution in [0, 0.1) is 11.5 Å². The number of halogens is 1. The molecule has 1 amide bonds. The summed E-state index contributed by atoms with van der Waals surface area (Å²) in [4.78, 5) is 29.9. The Hall–Kier alpha value is -4.52. The molecule has 1 unspecified atom stereocenters. The number of carbonyl (C=O) groups is 2. The summed E-state index contributed by atoms with van der Waals surface area (Å²) in [5.41, 5.74) is 5.43. The first-order valence-corrected chi connectivity index (χ1v) is 14.8. The third kappa shape index (κ3) is 8.98. The summed E-state index contributed by atoms with van der Waals surface area (Å²) in [6, 6.07) is 21.9. The number of allylic oxidation sites excluding steroid dienone is 2. The highest BCUT2D eigenvalue weighted by atomic mass is 35.5. The molecule has 4 rings (SSSR count). The van der Waals surface area contributed by atoms with Gasteiger partial charge in [0.25, 0.3) is 5.91 Å². The number of benzene rings is 3. The zero-order valence-electron chi connectivity index (χ0n) is 23.5. The van der Waals surface area contributed by atoms with Gasteiger partial charge in [0.1, 0.15) is 6.04 Å². The first kappa shape index (κ1) is 31.4. The van der Waals surface area contributed by atoms with Gasteiger partial charge >= 0.3 is 5.97 Å². The lowest BCUT2D eigenvalue weighted by Crippen LogP contribution is -2.39. The molecule has 0 aromatic heterocycles. The van der Waals surface area contributed by atoms with Gasteiger partial charge in [-0.15, -0.1) is 0 Å². The molecule has 0 spiro atoms. The van der Waals surface area contributed by atoms with E-state index in [2.05, 4.69) is 28.8 Å². The molecule has 0 saturated heterocycles. The molecule has 1 atom stereocenters. The van der Waals surface area contributed by atoms with Crippen molar-refractivity contribution in [1.29, 1.82) is 5.26 Å². The van der Waals surface area contributed by atoms with Gasteiger partial charge in [-0.05, 0) is 84.3 Å². The number of nitrogens with zero attached hydrogens (tertiary/aromatic N) is 3. The Bertz CT molecular complexity index is 1530. The van der Waals surface area contributed by atoms with E-state index in [1.165, 1.54) is 29.3 Å². The van der Waals surface area contributed by atoms with Crippen molar-refractivity contribution in [3.8, 4) is 6.19 Å². The van der Waals surface area contributed by atoms with Crippen LogP contribution in [0.3, 0.4) is 0 Å². The second-order valence-corrected chi connectivity index (χ2v) is 10.7. The Balaban J connectivity index is 1.66. The standard InChI is InChI=1S/C33H32ClN5O3S/c34-28-14-10-26(11-15-28)30(21-43)38-33(37-22-35)39(29-16-12-25(13-17-29)24-4-2-1-3-5-24)20-23-6-8-27(9-7-23)32(42)36-19-18-31(40)41/h4,6-17,21,30H,1-3,5,18-20H2,(H,36,42)(H,37,38)(H,40,41). The number of rotatable bonds is 11. The fraction of sp³-hybridized carbons (Fsp3) is 0.242. The lowest BCUT2D eigenvalue weighted by molar-refractivity contribution is -0.136. The molecule has 3 aromatic rings. The number of nitriles is 1. The summed E-state index contributed by atoms with van der Waals surface area (Å²) < 4.78 is 0. The highest BCUT2D eigenvalue weighted by molar-refractivity contribution is 7.79. The van der Waals surface area contributed by atoms with E-state index in [9.17, 15) is 14.9 Å². The lowest BCUT2D eigenvalue weighted by atomic mass is 9.93. The van der Waals surface area contributed by atoms with E-state index in [1.54, 1.807) is 24.3 Å². The lowest BCUT2D eigenvalue weighted by Gasteiger charge is -2.27. The van der Waals surface area contributed by atoms with E-state index in [0.717, 1.165) is 29.7 Å². The van der Waals surface area contributed by atoms with Crippen LogP contribution in [-0.2, 0) is 11.3 Å². The fourth-order valence-electron chi connectivity index (χ4n) is 4.77. The van der Waals surface area contributed by atoms with E-state index in [4.69, 9.17) is 33.9 Å². The third-order valence-electron chi connectivity index (χ3n) is 7.05. The van der Waals surface area contributed by atoms with Crippen LogP contribution in [0.15, 0.2) is 83.9 Å². The van der Waals surface area contributed by atoms with Gasteiger partial charge in [0.2, 0.25) is 5.96 Å². The number of carbonyl (C=O) groups excluding carboxylic acids is 1. The molecule has 0 aliphatic heterocycles. The van der Waals surface area contributed by atoms with Crippen LogP contribution in [0.4, 0.5) is 5.69 Å². The number of carboxylic acid groups (broad SMARTS) is 1. The van der Waals surface area contributed by atoms with Crippen molar-refractivity contribution in [2.24, 2.45) is 4.99 Å². The smallest absolute Gasteiger partial charge is 0.305 e. The predicted molar refractivity (Wildman–Crippen MR) is 174 cm³/mol. The van der Waals surface area contributed by atoms with Crippen LogP contribution >= 0.6 is 23.8 Å². The van der Waals surface area contributed by atoms with E-state index in [0.29, 0.717) is 23.1 Å². The first-order valence-electron chi connectivity index (χ1n) is 14.0. The molecule has 1 aliphatic rings. The SMILES string of the molecule is N#CNC(=NC(C=S)c1ccc(Cl)cc1)N(Cc1ccc(C(=O)NCCC(=O)O)cc1)c1ccc(C2=CCCCC2)cc1. The predicted octanol–water partition coefficient (Wildman–Crippen LogP) is 6.68. The van der Waals surface area contributed by atoms with Gasteiger partial charge in [-0.2, -0.15) is 5.26 Å². The number of thiocarbonyl (C=S) groups is 1. The maximum atomic E-state index is 12.4. The van der Waals surface area contributed by atoms with E-state index in [1.807, 2.05) is 47.5 Å². The Morgan fingerprint density at radius 1 is 1.07 bits per heavy atom. The Kier molecular flexibility index (Phi) is 11.4. The van der Waals surface area contributed by atoms with Crippen molar-refractivity contribution in [1.82, 2.24) is 10.6 Å². The van der Waals surface area contributed by atoms with Crippen molar-refractivity contribution >= 4 is 58.3 Å². The van der Waals surface area contributed by atoms with Gasteiger partial charge in [-0.3, -0.25) is 14.9 Å². The van der Waals surface area contributed by atoms with Crippen molar-refractivity contribution in [2.45, 2.75) is 44.7 Å². The highest BCUT2D eigenvalue weighted by Crippen LogP contribution is 2.29. The molecule has 3 N–H and O–H groups in total. The number of anilines is 1. The zero-order valence-corrected chi connectivity index (χ0v) is 25.1. The number of hydrogen-bond donors (Lipinski definition) is 3. The topological polar surface area (TPSA) is 118 Å². The molecule has 43 heavy (non-hydrogen) atoms. The number of guanidine groups is 1. The molecule has 3 aromatic carbocycles. The summed E-state index contributed by atoms with van der Waals surface area (Å²) in [6.07, 6.45) is 8.70. The van der Waals surface area contributed by atoms with E-state index in [-0.39, 0.29) is 18.9 Å². The van der Waals surface area contributed by atoms with Crippen LogP contribution in [0.25, 0.3) is 5.57 Å². The Morgan fingerprint density at radius 2 is 1.79 bits per heavy atom. The largest absolute Gasteiger partial charge is 0.481 e. The molecule has 0 saturated carbocycles.